The fourth-order valence-electron chi connectivity index (χ4n) is 2.18. The molecule has 1 aliphatic heterocycles. The molecular formula is C14H18ClNO2. The molecule has 18 heavy (non-hydrogen) atoms. The van der Waals surface area contributed by atoms with Crippen LogP contribution >= 0.6 is 11.6 Å². The summed E-state index contributed by atoms with van der Waals surface area (Å²) in [5.41, 5.74) is 0.669. The molecular weight excluding hydrogens is 250 g/mol. The first-order chi connectivity index (χ1) is 8.70. The molecule has 0 saturated carbocycles. The van der Waals surface area contributed by atoms with Gasteiger partial charge in [-0.25, -0.2) is 0 Å². The maximum absolute atomic E-state index is 12.3. The lowest BCUT2D eigenvalue weighted by molar-refractivity contribution is -0.0163. The van der Waals surface area contributed by atoms with Gasteiger partial charge in [0.25, 0.3) is 0 Å². The minimum absolute atomic E-state index is 0.0486. The molecule has 98 valence electrons. The number of hydrogen-bond donors (Lipinski definition) is 0. The van der Waals surface area contributed by atoms with E-state index in [2.05, 4.69) is 11.8 Å². The fourth-order valence-corrected chi connectivity index (χ4v) is 2.31. The molecule has 0 radical (unpaired) electrons. The van der Waals surface area contributed by atoms with Gasteiger partial charge in [-0.1, -0.05) is 18.5 Å². The van der Waals surface area contributed by atoms with Crippen LogP contribution in [-0.4, -0.2) is 43.0 Å². The number of carbonyl (C=O) groups is 1. The summed E-state index contributed by atoms with van der Waals surface area (Å²) in [6.45, 7) is 5.40. The SMILES string of the molecule is CCCN1CCOC(C(=O)c2ccc(Cl)cc2)C1. The third-order valence-corrected chi connectivity index (χ3v) is 3.36. The zero-order chi connectivity index (χ0) is 13.0. The van der Waals surface area contributed by atoms with Crippen molar-refractivity contribution >= 4 is 17.4 Å². The average Bonchev–Trinajstić information content (AvgIpc) is 2.39. The monoisotopic (exact) mass is 267 g/mol. The molecule has 0 aliphatic carbocycles. The van der Waals surface area contributed by atoms with E-state index in [1.165, 1.54) is 0 Å². The Labute approximate surface area is 113 Å². The summed E-state index contributed by atoms with van der Waals surface area (Å²) in [6, 6.07) is 6.99. The summed E-state index contributed by atoms with van der Waals surface area (Å²) in [5, 5.41) is 0.642. The number of nitrogens with zero attached hydrogens (tertiary/aromatic N) is 1. The predicted octanol–water partition coefficient (Wildman–Crippen LogP) is 2.63. The molecule has 1 aromatic rings. The minimum Gasteiger partial charge on any atom is -0.367 e. The van der Waals surface area contributed by atoms with Crippen molar-refractivity contribution in [2.75, 3.05) is 26.2 Å². The highest BCUT2D eigenvalue weighted by Crippen LogP contribution is 2.15. The number of halogens is 1. The number of ether oxygens (including phenoxy) is 1. The van der Waals surface area contributed by atoms with Crippen molar-refractivity contribution in [1.29, 1.82) is 0 Å². The summed E-state index contributed by atoms with van der Waals surface area (Å²) in [5.74, 6) is 0.0486. The topological polar surface area (TPSA) is 29.5 Å². The Morgan fingerprint density at radius 2 is 2.17 bits per heavy atom. The summed E-state index contributed by atoms with van der Waals surface area (Å²) in [7, 11) is 0. The highest BCUT2D eigenvalue weighted by molar-refractivity contribution is 6.30. The second-order valence-electron chi connectivity index (χ2n) is 4.53. The largest absolute Gasteiger partial charge is 0.367 e. The number of morpholine rings is 1. The van der Waals surface area contributed by atoms with Crippen molar-refractivity contribution < 1.29 is 9.53 Å². The molecule has 1 saturated heterocycles. The van der Waals surface area contributed by atoms with Crippen LogP contribution in [0, 0.1) is 0 Å². The van der Waals surface area contributed by atoms with Crippen LogP contribution in [0.1, 0.15) is 23.7 Å². The van der Waals surface area contributed by atoms with Gasteiger partial charge in [0, 0.05) is 23.7 Å². The van der Waals surface area contributed by atoms with Crippen molar-refractivity contribution in [3.8, 4) is 0 Å². The molecule has 0 bridgehead atoms. The van der Waals surface area contributed by atoms with Gasteiger partial charge < -0.3 is 4.74 Å². The molecule has 0 aromatic heterocycles. The maximum atomic E-state index is 12.3. The van der Waals surface area contributed by atoms with Gasteiger partial charge in [0.1, 0.15) is 6.10 Å². The van der Waals surface area contributed by atoms with Crippen LogP contribution < -0.4 is 0 Å². The van der Waals surface area contributed by atoms with Gasteiger partial charge >= 0.3 is 0 Å². The van der Waals surface area contributed by atoms with E-state index >= 15 is 0 Å². The first-order valence-corrected chi connectivity index (χ1v) is 6.72. The first-order valence-electron chi connectivity index (χ1n) is 6.34. The van der Waals surface area contributed by atoms with Gasteiger partial charge in [-0.2, -0.15) is 0 Å². The number of hydrogen-bond acceptors (Lipinski definition) is 3. The van der Waals surface area contributed by atoms with Crippen LogP contribution in [-0.2, 0) is 4.74 Å². The van der Waals surface area contributed by atoms with E-state index in [9.17, 15) is 4.79 Å². The molecule has 1 aliphatic rings. The fraction of sp³-hybridized carbons (Fsp3) is 0.500. The second kappa shape index (κ2) is 6.32. The minimum atomic E-state index is -0.341. The van der Waals surface area contributed by atoms with E-state index in [1.54, 1.807) is 24.3 Å². The summed E-state index contributed by atoms with van der Waals surface area (Å²) < 4.78 is 5.58. The van der Waals surface area contributed by atoms with Crippen molar-refractivity contribution in [3.63, 3.8) is 0 Å². The lowest BCUT2D eigenvalue weighted by Gasteiger charge is -2.31. The van der Waals surface area contributed by atoms with Crippen molar-refractivity contribution in [2.45, 2.75) is 19.4 Å². The number of rotatable bonds is 4. The van der Waals surface area contributed by atoms with Gasteiger partial charge in [0.15, 0.2) is 5.78 Å². The van der Waals surface area contributed by atoms with Crippen LogP contribution in [0.25, 0.3) is 0 Å². The third-order valence-electron chi connectivity index (χ3n) is 3.11. The first kappa shape index (κ1) is 13.5. The number of carbonyl (C=O) groups excluding carboxylic acids is 1. The van der Waals surface area contributed by atoms with E-state index in [-0.39, 0.29) is 11.9 Å². The molecule has 1 atom stereocenters. The predicted molar refractivity (Wildman–Crippen MR) is 72.3 cm³/mol. The van der Waals surface area contributed by atoms with E-state index in [4.69, 9.17) is 16.3 Å². The molecule has 1 aromatic carbocycles. The Morgan fingerprint density at radius 1 is 1.44 bits per heavy atom. The van der Waals surface area contributed by atoms with Crippen LogP contribution in [0.3, 0.4) is 0 Å². The molecule has 3 nitrogen and oxygen atoms in total. The zero-order valence-corrected chi connectivity index (χ0v) is 11.3. The molecule has 0 amide bonds. The van der Waals surface area contributed by atoms with E-state index in [0.717, 1.165) is 19.5 Å². The quantitative estimate of drug-likeness (QED) is 0.786. The Kier molecular flexibility index (Phi) is 4.75. The standard InChI is InChI=1S/C14H18ClNO2/c1-2-7-16-8-9-18-13(10-16)14(17)11-3-5-12(15)6-4-11/h3-6,13H,2,7-10H2,1H3. The van der Waals surface area contributed by atoms with Crippen LogP contribution in [0.2, 0.25) is 5.02 Å². The summed E-state index contributed by atoms with van der Waals surface area (Å²) >= 11 is 5.82. The second-order valence-corrected chi connectivity index (χ2v) is 4.97. The molecule has 1 heterocycles. The summed E-state index contributed by atoms with van der Waals surface area (Å²) in [4.78, 5) is 14.5. The Balaban J connectivity index is 2.02. The van der Waals surface area contributed by atoms with Gasteiger partial charge in [-0.15, -0.1) is 0 Å². The normalized spacial score (nSPS) is 20.9. The Bertz CT molecular complexity index is 403. The molecule has 0 N–H and O–H groups in total. The maximum Gasteiger partial charge on any atom is 0.192 e. The highest BCUT2D eigenvalue weighted by atomic mass is 35.5. The number of ketones is 1. The van der Waals surface area contributed by atoms with Crippen molar-refractivity contribution in [1.82, 2.24) is 4.90 Å². The van der Waals surface area contributed by atoms with E-state index < -0.39 is 0 Å². The van der Waals surface area contributed by atoms with Crippen LogP contribution in [0.5, 0.6) is 0 Å². The Hall–Kier alpha value is -0.900. The van der Waals surface area contributed by atoms with Gasteiger partial charge in [-0.3, -0.25) is 9.69 Å². The third kappa shape index (κ3) is 3.31. The molecule has 1 fully saturated rings. The lowest BCUT2D eigenvalue weighted by atomic mass is 10.0. The smallest absolute Gasteiger partial charge is 0.192 e. The molecule has 1 unspecified atom stereocenters. The van der Waals surface area contributed by atoms with Crippen molar-refractivity contribution in [3.05, 3.63) is 34.9 Å². The highest BCUT2D eigenvalue weighted by Gasteiger charge is 2.26. The van der Waals surface area contributed by atoms with Gasteiger partial charge in [0.2, 0.25) is 0 Å². The summed E-state index contributed by atoms with van der Waals surface area (Å²) in [6.07, 6.45) is 0.758. The lowest BCUT2D eigenvalue weighted by Crippen LogP contribution is -2.46. The van der Waals surface area contributed by atoms with Gasteiger partial charge in [-0.05, 0) is 37.2 Å². The van der Waals surface area contributed by atoms with Crippen molar-refractivity contribution in [2.24, 2.45) is 0 Å². The van der Waals surface area contributed by atoms with E-state index in [1.807, 2.05) is 0 Å². The number of Topliss-reactive ketones (excluding diaryl/α,β-unsaturated/α-hetero) is 1. The Morgan fingerprint density at radius 3 is 2.83 bits per heavy atom. The van der Waals surface area contributed by atoms with Crippen LogP contribution in [0.4, 0.5) is 0 Å². The number of benzene rings is 1. The molecule has 2 rings (SSSR count). The van der Waals surface area contributed by atoms with Crippen LogP contribution in [0.15, 0.2) is 24.3 Å². The molecule has 4 heteroatoms. The molecule has 0 spiro atoms. The van der Waals surface area contributed by atoms with E-state index in [0.29, 0.717) is 23.7 Å². The average molecular weight is 268 g/mol. The van der Waals surface area contributed by atoms with Gasteiger partial charge in [0.05, 0.1) is 6.61 Å². The zero-order valence-electron chi connectivity index (χ0n) is 10.6.